The van der Waals surface area contributed by atoms with E-state index in [0.29, 0.717) is 11.5 Å². The summed E-state index contributed by atoms with van der Waals surface area (Å²) >= 11 is 0. The van der Waals surface area contributed by atoms with Gasteiger partial charge in [-0.2, -0.15) is 10.2 Å². The highest BCUT2D eigenvalue weighted by molar-refractivity contribution is 7.90. The molecule has 2 rings (SSSR count). The lowest BCUT2D eigenvalue weighted by atomic mass is 10.4. The van der Waals surface area contributed by atoms with Crippen molar-refractivity contribution in [2.24, 2.45) is 0 Å². The van der Waals surface area contributed by atoms with E-state index in [9.17, 15) is 8.42 Å². The summed E-state index contributed by atoms with van der Waals surface area (Å²) in [6.45, 7) is -0.193. The van der Waals surface area contributed by atoms with Crippen LogP contribution in [0.3, 0.4) is 0 Å². The predicted molar refractivity (Wildman–Crippen MR) is 58.2 cm³/mol. The summed E-state index contributed by atoms with van der Waals surface area (Å²) in [5, 5.41) is 20.2. The van der Waals surface area contributed by atoms with Crippen molar-refractivity contribution in [3.05, 3.63) is 30.2 Å². The average Bonchev–Trinajstić information content (AvgIpc) is 2.78. The van der Waals surface area contributed by atoms with Crippen LogP contribution in [0.4, 0.5) is 0 Å². The fourth-order valence-electron chi connectivity index (χ4n) is 1.18. The lowest BCUT2D eigenvalue weighted by Crippen LogP contribution is -2.02. The molecule has 0 aliphatic rings. The van der Waals surface area contributed by atoms with E-state index in [4.69, 9.17) is 5.11 Å². The first-order valence-corrected chi connectivity index (χ1v) is 6.58. The highest BCUT2D eigenvalue weighted by Gasteiger charge is 2.11. The smallest absolute Gasteiger partial charge is 0.178 e. The Bertz CT molecular complexity index is 618. The Kier molecular flexibility index (Phi) is 2.90. The van der Waals surface area contributed by atoms with E-state index in [-0.39, 0.29) is 11.5 Å². The number of aromatic nitrogens is 4. The van der Waals surface area contributed by atoms with Crippen LogP contribution >= 0.6 is 0 Å². The molecule has 0 aliphatic carbocycles. The standard InChI is InChI=1S/C9H10N4O3S/c1-17(15,16)8-4-10-13(5-8)9-3-2-7(6-14)11-12-9/h2-5,14H,6H2,1H3. The van der Waals surface area contributed by atoms with Crippen LogP contribution in [-0.4, -0.2) is 39.8 Å². The second-order valence-electron chi connectivity index (χ2n) is 3.43. The molecule has 0 aromatic carbocycles. The van der Waals surface area contributed by atoms with E-state index in [0.717, 1.165) is 6.26 Å². The Hall–Kier alpha value is -1.80. The van der Waals surface area contributed by atoms with E-state index in [2.05, 4.69) is 15.3 Å². The molecule has 0 fully saturated rings. The summed E-state index contributed by atoms with van der Waals surface area (Å²) in [4.78, 5) is 0.116. The van der Waals surface area contributed by atoms with Crippen molar-refractivity contribution in [2.45, 2.75) is 11.5 Å². The SMILES string of the molecule is CS(=O)(=O)c1cnn(-c2ccc(CO)nn2)c1. The fourth-order valence-corrected chi connectivity index (χ4v) is 1.71. The number of aliphatic hydroxyl groups excluding tert-OH is 1. The second-order valence-corrected chi connectivity index (χ2v) is 5.45. The van der Waals surface area contributed by atoms with Gasteiger partial charge in [-0.25, -0.2) is 13.1 Å². The Morgan fingerprint density at radius 3 is 2.59 bits per heavy atom. The lowest BCUT2D eigenvalue weighted by Gasteiger charge is -1.99. The molecular formula is C9H10N4O3S. The Labute approximate surface area is 97.7 Å². The summed E-state index contributed by atoms with van der Waals surface area (Å²) in [6.07, 6.45) is 3.71. The van der Waals surface area contributed by atoms with Crippen LogP contribution in [0.2, 0.25) is 0 Å². The van der Waals surface area contributed by atoms with Crippen LogP contribution < -0.4 is 0 Å². The Morgan fingerprint density at radius 2 is 2.12 bits per heavy atom. The largest absolute Gasteiger partial charge is 0.390 e. The van der Waals surface area contributed by atoms with E-state index in [1.807, 2.05) is 0 Å². The number of hydrogen-bond donors (Lipinski definition) is 1. The maximum atomic E-state index is 11.3. The van der Waals surface area contributed by atoms with Crippen molar-refractivity contribution in [1.29, 1.82) is 0 Å². The minimum Gasteiger partial charge on any atom is -0.390 e. The van der Waals surface area contributed by atoms with E-state index >= 15 is 0 Å². The molecule has 2 aromatic rings. The fraction of sp³-hybridized carbons (Fsp3) is 0.222. The molecule has 0 unspecified atom stereocenters. The summed E-state index contributed by atoms with van der Waals surface area (Å²) in [7, 11) is -3.27. The molecule has 0 saturated carbocycles. The van der Waals surface area contributed by atoms with Gasteiger partial charge in [0.15, 0.2) is 15.7 Å². The number of hydrogen-bond acceptors (Lipinski definition) is 6. The van der Waals surface area contributed by atoms with E-state index in [1.54, 1.807) is 12.1 Å². The van der Waals surface area contributed by atoms with Gasteiger partial charge < -0.3 is 5.11 Å². The van der Waals surface area contributed by atoms with Crippen molar-refractivity contribution < 1.29 is 13.5 Å². The normalized spacial score (nSPS) is 11.6. The van der Waals surface area contributed by atoms with Gasteiger partial charge >= 0.3 is 0 Å². The third-order valence-electron chi connectivity index (χ3n) is 2.09. The quantitative estimate of drug-likeness (QED) is 0.797. The summed E-state index contributed by atoms with van der Waals surface area (Å²) in [5.74, 6) is 0.386. The molecule has 0 spiro atoms. The summed E-state index contributed by atoms with van der Waals surface area (Å²) < 4.78 is 23.8. The molecule has 0 atom stereocenters. The van der Waals surface area contributed by atoms with E-state index < -0.39 is 9.84 Å². The molecule has 0 amide bonds. The number of nitrogens with zero attached hydrogens (tertiary/aromatic N) is 4. The van der Waals surface area contributed by atoms with Gasteiger partial charge in [-0.3, -0.25) is 0 Å². The molecule has 7 nitrogen and oxygen atoms in total. The highest BCUT2D eigenvalue weighted by atomic mass is 32.2. The molecule has 0 radical (unpaired) electrons. The molecule has 2 heterocycles. The van der Waals surface area contributed by atoms with Gasteiger partial charge in [-0.1, -0.05) is 0 Å². The zero-order valence-electron chi connectivity index (χ0n) is 8.98. The topological polar surface area (TPSA) is 98.0 Å². The molecule has 1 N–H and O–H groups in total. The van der Waals surface area contributed by atoms with Crippen molar-refractivity contribution in [2.75, 3.05) is 6.26 Å². The summed E-state index contributed by atoms with van der Waals surface area (Å²) in [6, 6.07) is 3.18. The molecule has 0 aliphatic heterocycles. The zero-order valence-corrected chi connectivity index (χ0v) is 9.79. The van der Waals surface area contributed by atoms with Crippen LogP contribution in [0.25, 0.3) is 5.82 Å². The zero-order chi connectivity index (χ0) is 12.5. The first-order chi connectivity index (χ1) is 8.00. The molecule has 17 heavy (non-hydrogen) atoms. The van der Waals surface area contributed by atoms with Gasteiger partial charge in [0.05, 0.1) is 24.7 Å². The molecule has 90 valence electrons. The molecule has 0 saturated heterocycles. The monoisotopic (exact) mass is 254 g/mol. The van der Waals surface area contributed by atoms with Gasteiger partial charge in [0.1, 0.15) is 4.90 Å². The predicted octanol–water partition coefficient (Wildman–Crippen LogP) is -0.442. The second kappa shape index (κ2) is 4.22. The Morgan fingerprint density at radius 1 is 1.35 bits per heavy atom. The lowest BCUT2D eigenvalue weighted by molar-refractivity contribution is 0.275. The third kappa shape index (κ3) is 2.48. The van der Waals surface area contributed by atoms with Crippen LogP contribution in [0.15, 0.2) is 29.4 Å². The first kappa shape index (κ1) is 11.7. The number of rotatable bonds is 3. The number of sulfone groups is 1. The van der Waals surface area contributed by atoms with Gasteiger partial charge in [0.25, 0.3) is 0 Å². The van der Waals surface area contributed by atoms with Gasteiger partial charge in [0, 0.05) is 6.26 Å². The minimum atomic E-state index is -3.27. The highest BCUT2D eigenvalue weighted by Crippen LogP contribution is 2.10. The average molecular weight is 254 g/mol. The van der Waals surface area contributed by atoms with Crippen LogP contribution in [0, 0.1) is 0 Å². The molecular weight excluding hydrogens is 244 g/mol. The van der Waals surface area contributed by atoms with Crippen molar-refractivity contribution in [3.8, 4) is 5.82 Å². The van der Waals surface area contributed by atoms with Crippen LogP contribution in [0.1, 0.15) is 5.69 Å². The Balaban J connectivity index is 2.37. The number of aliphatic hydroxyl groups is 1. The van der Waals surface area contributed by atoms with Crippen LogP contribution in [0.5, 0.6) is 0 Å². The molecule has 8 heteroatoms. The van der Waals surface area contributed by atoms with Crippen molar-refractivity contribution in [1.82, 2.24) is 20.0 Å². The third-order valence-corrected chi connectivity index (χ3v) is 3.16. The molecule has 0 bridgehead atoms. The van der Waals surface area contributed by atoms with Crippen molar-refractivity contribution in [3.63, 3.8) is 0 Å². The first-order valence-electron chi connectivity index (χ1n) is 4.69. The van der Waals surface area contributed by atoms with E-state index in [1.165, 1.54) is 17.1 Å². The molecule has 2 aromatic heterocycles. The van der Waals surface area contributed by atoms with Gasteiger partial charge in [-0.15, -0.1) is 5.10 Å². The summed E-state index contributed by atoms with van der Waals surface area (Å²) in [5.41, 5.74) is 0.434. The van der Waals surface area contributed by atoms with Crippen LogP contribution in [-0.2, 0) is 16.4 Å². The maximum absolute atomic E-state index is 11.3. The van der Waals surface area contributed by atoms with Gasteiger partial charge in [-0.05, 0) is 12.1 Å². The minimum absolute atomic E-state index is 0.116. The van der Waals surface area contributed by atoms with Crippen molar-refractivity contribution >= 4 is 9.84 Å². The maximum Gasteiger partial charge on any atom is 0.178 e. The van der Waals surface area contributed by atoms with Gasteiger partial charge in [0.2, 0.25) is 0 Å².